The van der Waals surface area contributed by atoms with Crippen LogP contribution in [0.2, 0.25) is 0 Å². The normalized spacial score (nSPS) is 33.2. The minimum absolute atomic E-state index is 0.0639. The molecule has 1 N–H and O–H groups in total. The number of hydrogen-bond donors (Lipinski definition) is 1. The molecule has 1 aromatic rings. The number of nitrogens with one attached hydrogen (secondary N) is 1. The van der Waals surface area contributed by atoms with Gasteiger partial charge in [-0.15, -0.1) is 0 Å². The minimum Gasteiger partial charge on any atom is -0.349 e. The molecule has 1 amide bonds. The molecule has 2 saturated carbocycles. The standard InChI is InChI=1S/C18H24BrNO/c1-11-7-12(9-14(19)8-11)16(21)20-15-10-13-5-6-18(15,4)17(13,2)3/h7-9,13,15H,5-6,10H2,1-4H3,(H,20,21). The molecule has 0 aliphatic heterocycles. The fourth-order valence-electron chi connectivity index (χ4n) is 4.53. The van der Waals surface area contributed by atoms with E-state index in [2.05, 4.69) is 42.0 Å². The lowest BCUT2D eigenvalue weighted by atomic mass is 9.69. The van der Waals surface area contributed by atoms with Gasteiger partial charge in [0.05, 0.1) is 0 Å². The van der Waals surface area contributed by atoms with Gasteiger partial charge in [-0.25, -0.2) is 0 Å². The summed E-state index contributed by atoms with van der Waals surface area (Å²) in [4.78, 5) is 12.6. The van der Waals surface area contributed by atoms with Gasteiger partial charge in [-0.2, -0.15) is 0 Å². The molecule has 2 aliphatic carbocycles. The number of rotatable bonds is 2. The van der Waals surface area contributed by atoms with Crippen molar-refractivity contribution in [2.24, 2.45) is 16.7 Å². The Hall–Kier alpha value is -0.830. The maximum Gasteiger partial charge on any atom is 0.251 e. The van der Waals surface area contributed by atoms with Gasteiger partial charge in [0.25, 0.3) is 5.91 Å². The number of hydrogen-bond acceptors (Lipinski definition) is 1. The van der Waals surface area contributed by atoms with Crippen molar-refractivity contribution in [1.82, 2.24) is 5.32 Å². The summed E-state index contributed by atoms with van der Waals surface area (Å²) >= 11 is 3.48. The van der Waals surface area contributed by atoms with Gasteiger partial charge < -0.3 is 5.32 Å². The van der Waals surface area contributed by atoms with Crippen LogP contribution in [0.4, 0.5) is 0 Å². The van der Waals surface area contributed by atoms with Crippen LogP contribution in [0.3, 0.4) is 0 Å². The molecule has 3 heteroatoms. The third-order valence-corrected chi connectivity index (χ3v) is 6.86. The molecule has 0 heterocycles. The fourth-order valence-corrected chi connectivity index (χ4v) is 5.14. The summed E-state index contributed by atoms with van der Waals surface area (Å²) in [7, 11) is 0. The monoisotopic (exact) mass is 349 g/mol. The average Bonchev–Trinajstić information content (AvgIpc) is 2.70. The highest BCUT2D eigenvalue weighted by Crippen LogP contribution is 2.65. The van der Waals surface area contributed by atoms with Crippen molar-refractivity contribution in [2.45, 2.75) is 53.0 Å². The van der Waals surface area contributed by atoms with Crippen LogP contribution in [0.5, 0.6) is 0 Å². The average molecular weight is 350 g/mol. The van der Waals surface area contributed by atoms with Crippen molar-refractivity contribution in [3.05, 3.63) is 33.8 Å². The summed E-state index contributed by atoms with van der Waals surface area (Å²) in [5.41, 5.74) is 2.42. The highest BCUT2D eigenvalue weighted by Gasteiger charge is 2.61. The zero-order chi connectivity index (χ0) is 15.4. The van der Waals surface area contributed by atoms with Gasteiger partial charge >= 0.3 is 0 Å². The van der Waals surface area contributed by atoms with Crippen LogP contribution >= 0.6 is 15.9 Å². The van der Waals surface area contributed by atoms with E-state index < -0.39 is 0 Å². The first-order valence-corrected chi connectivity index (χ1v) is 8.61. The number of carbonyl (C=O) groups excluding carboxylic acids is 1. The van der Waals surface area contributed by atoms with E-state index in [0.717, 1.165) is 27.9 Å². The van der Waals surface area contributed by atoms with E-state index in [-0.39, 0.29) is 11.3 Å². The molecule has 2 fully saturated rings. The maximum atomic E-state index is 12.6. The van der Waals surface area contributed by atoms with Crippen LogP contribution < -0.4 is 5.32 Å². The first-order chi connectivity index (χ1) is 9.74. The molecule has 1 aromatic carbocycles. The maximum absolute atomic E-state index is 12.6. The second kappa shape index (κ2) is 4.84. The first-order valence-electron chi connectivity index (χ1n) is 7.82. The topological polar surface area (TPSA) is 29.1 Å². The van der Waals surface area contributed by atoms with Crippen LogP contribution in [-0.2, 0) is 0 Å². The van der Waals surface area contributed by atoms with E-state index in [1.165, 1.54) is 12.8 Å². The Labute approximate surface area is 135 Å². The quantitative estimate of drug-likeness (QED) is 0.823. The van der Waals surface area contributed by atoms with Gasteiger partial charge in [-0.3, -0.25) is 4.79 Å². The molecule has 0 saturated heterocycles. The Morgan fingerprint density at radius 2 is 2.00 bits per heavy atom. The summed E-state index contributed by atoms with van der Waals surface area (Å²) in [6, 6.07) is 6.20. The van der Waals surface area contributed by atoms with Crippen molar-refractivity contribution in [1.29, 1.82) is 0 Å². The van der Waals surface area contributed by atoms with Crippen LogP contribution in [-0.4, -0.2) is 11.9 Å². The van der Waals surface area contributed by atoms with E-state index >= 15 is 0 Å². The number of aryl methyl sites for hydroxylation is 1. The van der Waals surface area contributed by atoms with Crippen molar-refractivity contribution in [2.75, 3.05) is 0 Å². The van der Waals surface area contributed by atoms with Gasteiger partial charge in [0, 0.05) is 16.1 Å². The second-order valence-electron chi connectivity index (χ2n) is 7.65. The van der Waals surface area contributed by atoms with E-state index in [4.69, 9.17) is 0 Å². The highest BCUT2D eigenvalue weighted by molar-refractivity contribution is 9.10. The van der Waals surface area contributed by atoms with E-state index in [1.807, 2.05) is 25.1 Å². The lowest BCUT2D eigenvalue weighted by molar-refractivity contribution is 0.0826. The number of halogens is 1. The molecule has 2 bridgehead atoms. The summed E-state index contributed by atoms with van der Waals surface area (Å²) in [6.45, 7) is 9.13. The molecule has 114 valence electrons. The van der Waals surface area contributed by atoms with Gasteiger partial charge in [-0.1, -0.05) is 36.7 Å². The van der Waals surface area contributed by atoms with Gasteiger partial charge in [0.2, 0.25) is 0 Å². The summed E-state index contributed by atoms with van der Waals surface area (Å²) in [6.07, 6.45) is 3.67. The molecule has 0 aromatic heterocycles. The largest absolute Gasteiger partial charge is 0.349 e. The van der Waals surface area contributed by atoms with Gasteiger partial charge in [0.15, 0.2) is 0 Å². The third-order valence-electron chi connectivity index (χ3n) is 6.40. The lowest BCUT2D eigenvalue weighted by Crippen LogP contribution is -2.46. The molecular weight excluding hydrogens is 326 g/mol. The van der Waals surface area contributed by atoms with Gasteiger partial charge in [0.1, 0.15) is 0 Å². The first kappa shape index (κ1) is 15.1. The molecule has 2 nitrogen and oxygen atoms in total. The summed E-state index contributed by atoms with van der Waals surface area (Å²) in [5.74, 6) is 0.811. The molecule has 0 spiro atoms. The molecule has 2 aliphatic rings. The summed E-state index contributed by atoms with van der Waals surface area (Å²) < 4.78 is 0.965. The van der Waals surface area contributed by atoms with Crippen molar-refractivity contribution >= 4 is 21.8 Å². The van der Waals surface area contributed by atoms with E-state index in [1.54, 1.807) is 0 Å². The van der Waals surface area contributed by atoms with Crippen LogP contribution in [0.1, 0.15) is 56.0 Å². The van der Waals surface area contributed by atoms with Crippen molar-refractivity contribution in [3.63, 3.8) is 0 Å². The van der Waals surface area contributed by atoms with E-state index in [9.17, 15) is 4.79 Å². The zero-order valence-corrected chi connectivity index (χ0v) is 14.9. The lowest BCUT2D eigenvalue weighted by Gasteiger charge is -2.39. The number of fused-ring (bicyclic) bond motifs is 2. The van der Waals surface area contributed by atoms with Crippen LogP contribution in [0.15, 0.2) is 22.7 Å². The minimum atomic E-state index is 0.0639. The number of benzene rings is 1. The Balaban J connectivity index is 1.80. The van der Waals surface area contributed by atoms with E-state index in [0.29, 0.717) is 11.5 Å². The Bertz CT molecular complexity index is 575. The number of carbonyl (C=O) groups is 1. The third kappa shape index (κ3) is 2.25. The Morgan fingerprint density at radius 1 is 1.29 bits per heavy atom. The SMILES string of the molecule is Cc1cc(Br)cc(C(=O)NC2CC3CCC2(C)C3(C)C)c1. The molecule has 3 unspecified atom stereocenters. The Kier molecular flexibility index (Phi) is 3.47. The molecule has 3 atom stereocenters. The fraction of sp³-hybridized carbons (Fsp3) is 0.611. The second-order valence-corrected chi connectivity index (χ2v) is 8.57. The number of amides is 1. The zero-order valence-electron chi connectivity index (χ0n) is 13.3. The van der Waals surface area contributed by atoms with Gasteiger partial charge in [-0.05, 0) is 66.7 Å². The van der Waals surface area contributed by atoms with Crippen molar-refractivity contribution in [3.8, 4) is 0 Å². The molecule has 0 radical (unpaired) electrons. The predicted molar refractivity (Wildman–Crippen MR) is 89.4 cm³/mol. The predicted octanol–water partition coefficient (Wildman–Crippen LogP) is 4.70. The molecular formula is C18H24BrNO. The van der Waals surface area contributed by atoms with Crippen LogP contribution in [0, 0.1) is 23.7 Å². The van der Waals surface area contributed by atoms with Crippen molar-refractivity contribution < 1.29 is 4.79 Å². The molecule has 21 heavy (non-hydrogen) atoms. The highest BCUT2D eigenvalue weighted by atomic mass is 79.9. The smallest absolute Gasteiger partial charge is 0.251 e. The van der Waals surface area contributed by atoms with Crippen LogP contribution in [0.25, 0.3) is 0 Å². The Morgan fingerprint density at radius 3 is 2.52 bits per heavy atom. The molecule has 3 rings (SSSR count). The summed E-state index contributed by atoms with van der Waals surface area (Å²) in [5, 5.41) is 3.32.